The zero-order chi connectivity index (χ0) is 14.1. The molecule has 20 heavy (non-hydrogen) atoms. The highest BCUT2D eigenvalue weighted by Gasteiger charge is 2.16. The second-order valence-electron chi connectivity index (χ2n) is 4.75. The summed E-state index contributed by atoms with van der Waals surface area (Å²) >= 11 is 0. The molecule has 0 aliphatic heterocycles. The first-order valence-corrected chi connectivity index (χ1v) is 6.35. The molecule has 0 saturated carbocycles. The molecule has 100 valence electrons. The molecular formula is C17H13F2N. The Morgan fingerprint density at radius 3 is 2.45 bits per heavy atom. The van der Waals surface area contributed by atoms with Crippen LogP contribution < -0.4 is 0 Å². The predicted octanol–water partition coefficient (Wildman–Crippen LogP) is 5.13. The predicted molar refractivity (Wildman–Crippen MR) is 77.7 cm³/mol. The van der Waals surface area contributed by atoms with Crippen LogP contribution in [0.15, 0.2) is 60.8 Å². The van der Waals surface area contributed by atoms with E-state index in [1.165, 1.54) is 0 Å². The van der Waals surface area contributed by atoms with Gasteiger partial charge in [0.15, 0.2) is 0 Å². The molecule has 1 heterocycles. The Morgan fingerprint density at radius 2 is 1.75 bits per heavy atom. The van der Waals surface area contributed by atoms with E-state index in [0.717, 1.165) is 16.5 Å². The normalized spacial score (nSPS) is 10.8. The summed E-state index contributed by atoms with van der Waals surface area (Å²) in [6, 6.07) is 14.5. The van der Waals surface area contributed by atoms with Gasteiger partial charge in [-0.25, -0.2) is 0 Å². The number of H-pyrrole nitrogens is 1. The summed E-state index contributed by atoms with van der Waals surface area (Å²) in [6.07, 6.45) is -0.0244. The maximum absolute atomic E-state index is 13.4. The highest BCUT2D eigenvalue weighted by Crippen LogP contribution is 2.33. The molecule has 0 amide bonds. The van der Waals surface area contributed by atoms with Crippen LogP contribution in [0.3, 0.4) is 0 Å². The van der Waals surface area contributed by atoms with E-state index in [9.17, 15) is 8.78 Å². The quantitative estimate of drug-likeness (QED) is 0.663. The minimum atomic E-state index is -1.67. The number of aromatic nitrogens is 1. The first kappa shape index (κ1) is 12.6. The van der Waals surface area contributed by atoms with Crippen molar-refractivity contribution < 1.29 is 8.78 Å². The van der Waals surface area contributed by atoms with Gasteiger partial charge in [-0.05, 0) is 24.1 Å². The summed E-state index contributed by atoms with van der Waals surface area (Å²) < 4.78 is 26.8. The zero-order valence-electron chi connectivity index (χ0n) is 11.0. The third-order valence-electron chi connectivity index (χ3n) is 3.36. The molecule has 0 atom stereocenters. The van der Waals surface area contributed by atoms with Gasteiger partial charge in [-0.15, -0.1) is 0 Å². The molecule has 1 N–H and O–H groups in total. The van der Waals surface area contributed by atoms with Crippen LogP contribution in [0.4, 0.5) is 8.78 Å². The van der Waals surface area contributed by atoms with Gasteiger partial charge in [-0.3, -0.25) is 0 Å². The lowest BCUT2D eigenvalue weighted by atomic mass is 9.98. The van der Waals surface area contributed by atoms with Gasteiger partial charge < -0.3 is 4.98 Å². The van der Waals surface area contributed by atoms with Crippen molar-refractivity contribution in [1.82, 2.24) is 4.98 Å². The summed E-state index contributed by atoms with van der Waals surface area (Å²) in [7, 11) is 0. The van der Waals surface area contributed by atoms with E-state index >= 15 is 0 Å². The van der Waals surface area contributed by atoms with Crippen LogP contribution in [0, 0.1) is 6.92 Å². The number of hydrogen-bond acceptors (Lipinski definition) is 0. The minimum absolute atomic E-state index is 0.0132. The van der Waals surface area contributed by atoms with Gasteiger partial charge in [0.05, 0.1) is 5.57 Å². The molecule has 0 aliphatic carbocycles. The van der Waals surface area contributed by atoms with Crippen LogP contribution in [0.25, 0.3) is 16.5 Å². The van der Waals surface area contributed by atoms with Gasteiger partial charge in [-0.2, -0.15) is 8.78 Å². The molecule has 0 radical (unpaired) electrons. The Bertz CT molecular complexity index is 781. The molecule has 0 saturated heterocycles. The van der Waals surface area contributed by atoms with Gasteiger partial charge in [-0.1, -0.05) is 42.5 Å². The molecule has 0 fully saturated rings. The van der Waals surface area contributed by atoms with Crippen molar-refractivity contribution >= 4 is 16.5 Å². The fourth-order valence-corrected chi connectivity index (χ4v) is 2.42. The monoisotopic (exact) mass is 269 g/mol. The SMILES string of the molecule is Cc1ccc2c(C(=C(F)F)c3ccccc3)c[nH]c2c1. The molecular weight excluding hydrogens is 256 g/mol. The van der Waals surface area contributed by atoms with Crippen LogP contribution in [-0.4, -0.2) is 4.98 Å². The lowest BCUT2D eigenvalue weighted by molar-refractivity contribution is 0.426. The molecule has 0 unspecified atom stereocenters. The van der Waals surface area contributed by atoms with Crippen molar-refractivity contribution in [2.75, 3.05) is 0 Å². The van der Waals surface area contributed by atoms with E-state index in [2.05, 4.69) is 4.98 Å². The van der Waals surface area contributed by atoms with E-state index < -0.39 is 6.08 Å². The van der Waals surface area contributed by atoms with E-state index in [-0.39, 0.29) is 5.57 Å². The number of aromatic amines is 1. The first-order chi connectivity index (χ1) is 9.66. The van der Waals surface area contributed by atoms with Crippen LogP contribution >= 0.6 is 0 Å². The number of rotatable bonds is 2. The zero-order valence-corrected chi connectivity index (χ0v) is 11.0. The van der Waals surface area contributed by atoms with Crippen molar-refractivity contribution in [3.8, 4) is 0 Å². The van der Waals surface area contributed by atoms with Crippen molar-refractivity contribution in [3.63, 3.8) is 0 Å². The molecule has 0 spiro atoms. The summed E-state index contributed by atoms with van der Waals surface area (Å²) in [4.78, 5) is 3.07. The molecule has 3 rings (SSSR count). The van der Waals surface area contributed by atoms with E-state index in [4.69, 9.17) is 0 Å². The highest BCUT2D eigenvalue weighted by molar-refractivity contribution is 5.97. The second-order valence-corrected chi connectivity index (χ2v) is 4.75. The Morgan fingerprint density at radius 1 is 1.00 bits per heavy atom. The van der Waals surface area contributed by atoms with E-state index in [0.29, 0.717) is 11.1 Å². The van der Waals surface area contributed by atoms with Gasteiger partial charge >= 0.3 is 0 Å². The molecule has 3 aromatic rings. The van der Waals surface area contributed by atoms with Gasteiger partial charge in [0, 0.05) is 22.7 Å². The maximum Gasteiger partial charge on any atom is 0.278 e. The number of aryl methyl sites for hydroxylation is 1. The number of fused-ring (bicyclic) bond motifs is 1. The topological polar surface area (TPSA) is 15.8 Å². The minimum Gasteiger partial charge on any atom is -0.361 e. The summed E-state index contributed by atoms with van der Waals surface area (Å²) in [6.45, 7) is 1.98. The van der Waals surface area contributed by atoms with Crippen LogP contribution in [-0.2, 0) is 0 Å². The number of nitrogens with one attached hydrogen (secondary N) is 1. The average Bonchev–Trinajstić information content (AvgIpc) is 2.83. The van der Waals surface area contributed by atoms with Gasteiger partial charge in [0.25, 0.3) is 6.08 Å². The van der Waals surface area contributed by atoms with Crippen molar-refractivity contribution in [2.45, 2.75) is 6.92 Å². The summed E-state index contributed by atoms with van der Waals surface area (Å²) in [5.74, 6) is 0. The summed E-state index contributed by atoms with van der Waals surface area (Å²) in [5, 5.41) is 0.808. The van der Waals surface area contributed by atoms with Gasteiger partial charge in [0.1, 0.15) is 0 Å². The van der Waals surface area contributed by atoms with E-state index in [1.54, 1.807) is 30.5 Å². The van der Waals surface area contributed by atoms with Gasteiger partial charge in [0.2, 0.25) is 0 Å². The molecule has 0 aliphatic rings. The largest absolute Gasteiger partial charge is 0.361 e. The lowest BCUT2D eigenvalue weighted by Gasteiger charge is -2.06. The smallest absolute Gasteiger partial charge is 0.278 e. The third-order valence-corrected chi connectivity index (χ3v) is 3.36. The summed E-state index contributed by atoms with van der Waals surface area (Å²) in [5.41, 5.74) is 3.01. The van der Waals surface area contributed by atoms with Crippen molar-refractivity contribution in [1.29, 1.82) is 0 Å². The number of hydrogen-bond donors (Lipinski definition) is 1. The van der Waals surface area contributed by atoms with Crippen LogP contribution in [0.5, 0.6) is 0 Å². The average molecular weight is 269 g/mol. The van der Waals surface area contributed by atoms with Crippen molar-refractivity contribution in [3.05, 3.63) is 77.5 Å². The maximum atomic E-state index is 13.4. The van der Waals surface area contributed by atoms with Crippen LogP contribution in [0.1, 0.15) is 16.7 Å². The molecule has 0 bridgehead atoms. The Kier molecular flexibility index (Phi) is 3.11. The molecule has 2 aromatic carbocycles. The first-order valence-electron chi connectivity index (χ1n) is 6.35. The molecule has 3 heteroatoms. The Hall–Kier alpha value is -2.42. The Balaban J connectivity index is 2.25. The molecule has 1 nitrogen and oxygen atoms in total. The molecule has 1 aromatic heterocycles. The van der Waals surface area contributed by atoms with Crippen molar-refractivity contribution in [2.24, 2.45) is 0 Å². The Labute approximate surface area is 115 Å². The number of benzene rings is 2. The number of halogens is 2. The van der Waals surface area contributed by atoms with E-state index in [1.807, 2.05) is 31.2 Å². The van der Waals surface area contributed by atoms with Crippen LogP contribution in [0.2, 0.25) is 0 Å². The standard InChI is InChI=1S/C17H13F2N/c1-11-7-8-13-14(10-20-15(13)9-11)16(17(18)19)12-5-3-2-4-6-12/h2-10,20H,1H3. The highest BCUT2D eigenvalue weighted by atomic mass is 19.3. The fourth-order valence-electron chi connectivity index (χ4n) is 2.42. The third kappa shape index (κ3) is 2.11. The fraction of sp³-hybridized carbons (Fsp3) is 0.0588. The second kappa shape index (κ2) is 4.93. The lowest BCUT2D eigenvalue weighted by Crippen LogP contribution is -1.88.